The first kappa shape index (κ1) is 15.0. The molecule has 0 radical (unpaired) electrons. The first-order valence-electron chi connectivity index (χ1n) is 6.70. The van der Waals surface area contributed by atoms with Gasteiger partial charge in [0.2, 0.25) is 0 Å². The Labute approximate surface area is 123 Å². The van der Waals surface area contributed by atoms with Crippen LogP contribution in [0.5, 0.6) is 0 Å². The molecule has 0 aromatic carbocycles. The second-order valence-electron chi connectivity index (χ2n) is 5.76. The zero-order valence-electron chi connectivity index (χ0n) is 12.4. The van der Waals surface area contributed by atoms with Gasteiger partial charge in [0.25, 0.3) is 5.91 Å². The third-order valence-corrected chi connectivity index (χ3v) is 2.93. The molecule has 0 bridgehead atoms. The van der Waals surface area contributed by atoms with Crippen LogP contribution >= 0.6 is 0 Å². The molecule has 6 heteroatoms. The molecular weight excluding hydrogens is 270 g/mol. The number of hydrogen-bond acceptors (Lipinski definition) is 4. The summed E-state index contributed by atoms with van der Waals surface area (Å²) in [5.74, 6) is -0.224. The maximum atomic E-state index is 11.9. The van der Waals surface area contributed by atoms with Crippen molar-refractivity contribution in [3.8, 4) is 0 Å². The average molecular weight is 289 g/mol. The molecule has 6 nitrogen and oxygen atoms in total. The number of pyridine rings is 1. The van der Waals surface area contributed by atoms with Gasteiger partial charge in [0.1, 0.15) is 5.60 Å². The van der Waals surface area contributed by atoms with Gasteiger partial charge in [-0.1, -0.05) is 6.58 Å². The Kier molecular flexibility index (Phi) is 3.97. The molecule has 1 aromatic heterocycles. The minimum atomic E-state index is -0.577. The Balaban J connectivity index is 2.18. The molecule has 0 fully saturated rings. The SMILES string of the molecule is C=CC(=O)N1CC(NC(=O)OC(C)(C)C)c2ncccc21. The normalized spacial score (nSPS) is 17.1. The number of fused-ring (bicyclic) bond motifs is 1. The van der Waals surface area contributed by atoms with E-state index in [0.717, 1.165) is 0 Å². The highest BCUT2D eigenvalue weighted by Gasteiger charge is 2.34. The molecule has 21 heavy (non-hydrogen) atoms. The maximum Gasteiger partial charge on any atom is 0.408 e. The predicted molar refractivity (Wildman–Crippen MR) is 78.9 cm³/mol. The van der Waals surface area contributed by atoms with Crippen LogP contribution in [0.3, 0.4) is 0 Å². The van der Waals surface area contributed by atoms with Crippen molar-refractivity contribution in [2.24, 2.45) is 0 Å². The monoisotopic (exact) mass is 289 g/mol. The van der Waals surface area contributed by atoms with Crippen molar-refractivity contribution in [2.75, 3.05) is 11.4 Å². The minimum Gasteiger partial charge on any atom is -0.444 e. The van der Waals surface area contributed by atoms with Gasteiger partial charge < -0.3 is 15.0 Å². The molecular formula is C15H19N3O3. The number of hydrogen-bond donors (Lipinski definition) is 1. The van der Waals surface area contributed by atoms with Crippen LogP contribution < -0.4 is 10.2 Å². The van der Waals surface area contributed by atoms with Gasteiger partial charge in [0.15, 0.2) is 0 Å². The lowest BCUT2D eigenvalue weighted by atomic mass is 10.2. The first-order chi connectivity index (χ1) is 9.81. The number of ether oxygens (including phenoxy) is 1. The largest absolute Gasteiger partial charge is 0.444 e. The molecule has 1 aliphatic heterocycles. The summed E-state index contributed by atoms with van der Waals surface area (Å²) < 4.78 is 5.24. The van der Waals surface area contributed by atoms with Crippen molar-refractivity contribution in [3.05, 3.63) is 36.7 Å². The first-order valence-corrected chi connectivity index (χ1v) is 6.70. The summed E-state index contributed by atoms with van der Waals surface area (Å²) in [7, 11) is 0. The predicted octanol–water partition coefficient (Wildman–Crippen LogP) is 2.18. The number of anilines is 1. The third-order valence-electron chi connectivity index (χ3n) is 2.93. The van der Waals surface area contributed by atoms with E-state index < -0.39 is 11.7 Å². The zero-order chi connectivity index (χ0) is 15.6. The van der Waals surface area contributed by atoms with Crippen molar-refractivity contribution < 1.29 is 14.3 Å². The van der Waals surface area contributed by atoms with Gasteiger partial charge in [-0.25, -0.2) is 4.79 Å². The molecule has 1 aliphatic rings. The fourth-order valence-electron chi connectivity index (χ4n) is 2.16. The van der Waals surface area contributed by atoms with Crippen LogP contribution in [0.2, 0.25) is 0 Å². The van der Waals surface area contributed by atoms with Crippen LogP contribution in [0, 0.1) is 0 Å². The van der Waals surface area contributed by atoms with E-state index >= 15 is 0 Å². The number of rotatable bonds is 2. The van der Waals surface area contributed by atoms with Gasteiger partial charge in [-0.15, -0.1) is 0 Å². The zero-order valence-corrected chi connectivity index (χ0v) is 12.4. The topological polar surface area (TPSA) is 71.5 Å². The summed E-state index contributed by atoms with van der Waals surface area (Å²) >= 11 is 0. The van der Waals surface area contributed by atoms with Crippen molar-refractivity contribution in [1.82, 2.24) is 10.3 Å². The number of carbonyl (C=O) groups excluding carboxylic acids is 2. The number of aromatic nitrogens is 1. The molecule has 0 saturated heterocycles. The lowest BCUT2D eigenvalue weighted by Crippen LogP contribution is -2.38. The van der Waals surface area contributed by atoms with Gasteiger partial charge in [-0.2, -0.15) is 0 Å². The Hall–Kier alpha value is -2.37. The Morgan fingerprint density at radius 1 is 1.52 bits per heavy atom. The molecule has 2 rings (SSSR count). The number of alkyl carbamates (subject to hydrolysis) is 1. The fourth-order valence-corrected chi connectivity index (χ4v) is 2.16. The van der Waals surface area contributed by atoms with Gasteiger partial charge in [0.05, 0.1) is 24.0 Å². The smallest absolute Gasteiger partial charge is 0.408 e. The lowest BCUT2D eigenvalue weighted by Gasteiger charge is -2.21. The third kappa shape index (κ3) is 3.39. The van der Waals surface area contributed by atoms with E-state index in [1.165, 1.54) is 11.0 Å². The Morgan fingerprint density at radius 2 is 2.24 bits per heavy atom. The van der Waals surface area contributed by atoms with Crippen LogP contribution in [-0.4, -0.2) is 29.1 Å². The molecule has 1 atom stereocenters. The minimum absolute atomic E-state index is 0.224. The summed E-state index contributed by atoms with van der Waals surface area (Å²) in [5.41, 5.74) is 0.758. The molecule has 1 aromatic rings. The van der Waals surface area contributed by atoms with Crippen molar-refractivity contribution in [3.63, 3.8) is 0 Å². The van der Waals surface area contributed by atoms with Crippen molar-refractivity contribution >= 4 is 17.7 Å². The summed E-state index contributed by atoms with van der Waals surface area (Å²) in [6, 6.07) is 3.15. The molecule has 0 spiro atoms. The molecule has 1 N–H and O–H groups in total. The second kappa shape index (κ2) is 5.55. The van der Waals surface area contributed by atoms with Crippen molar-refractivity contribution in [2.45, 2.75) is 32.4 Å². The molecule has 2 heterocycles. The number of amides is 2. The summed E-state index contributed by atoms with van der Waals surface area (Å²) in [6.45, 7) is 9.18. The molecule has 1 unspecified atom stereocenters. The van der Waals surface area contributed by atoms with E-state index in [1.54, 1.807) is 39.1 Å². The maximum absolute atomic E-state index is 11.9. The van der Waals surface area contributed by atoms with Crippen LogP contribution in [0.25, 0.3) is 0 Å². The number of nitrogens with one attached hydrogen (secondary N) is 1. The van der Waals surface area contributed by atoms with Crippen LogP contribution in [0.15, 0.2) is 31.0 Å². The summed E-state index contributed by atoms with van der Waals surface area (Å²) in [5, 5.41) is 2.75. The van der Waals surface area contributed by atoms with Crippen LogP contribution in [-0.2, 0) is 9.53 Å². The highest BCUT2D eigenvalue weighted by molar-refractivity contribution is 6.02. The van der Waals surface area contributed by atoms with Gasteiger partial charge in [0, 0.05) is 6.20 Å². The van der Waals surface area contributed by atoms with E-state index in [9.17, 15) is 9.59 Å². The molecule has 2 amide bonds. The summed E-state index contributed by atoms with van der Waals surface area (Å²) in [6.07, 6.45) is 2.34. The Bertz CT molecular complexity index is 578. The lowest BCUT2D eigenvalue weighted by molar-refractivity contribution is -0.114. The summed E-state index contributed by atoms with van der Waals surface area (Å²) in [4.78, 5) is 29.6. The van der Waals surface area contributed by atoms with Gasteiger partial charge in [-0.05, 0) is 39.0 Å². The highest BCUT2D eigenvalue weighted by atomic mass is 16.6. The molecule has 0 aliphatic carbocycles. The standard InChI is InChI=1S/C15H19N3O3/c1-5-12(19)18-9-10(13-11(18)7-6-8-16-13)17-14(20)21-15(2,3)4/h5-8,10H,1,9H2,2-4H3,(H,17,20). The Morgan fingerprint density at radius 3 is 2.86 bits per heavy atom. The van der Waals surface area contributed by atoms with Crippen LogP contribution in [0.4, 0.5) is 10.5 Å². The number of nitrogens with zero attached hydrogens (tertiary/aromatic N) is 2. The van der Waals surface area contributed by atoms with E-state index in [2.05, 4.69) is 16.9 Å². The van der Waals surface area contributed by atoms with Gasteiger partial charge >= 0.3 is 6.09 Å². The van der Waals surface area contributed by atoms with Crippen LogP contribution in [0.1, 0.15) is 32.5 Å². The fraction of sp³-hybridized carbons (Fsp3) is 0.400. The van der Waals surface area contributed by atoms with E-state index in [4.69, 9.17) is 4.74 Å². The van der Waals surface area contributed by atoms with E-state index in [1.807, 2.05) is 0 Å². The average Bonchev–Trinajstić information content (AvgIpc) is 2.75. The molecule has 0 saturated carbocycles. The molecule has 112 valence electrons. The van der Waals surface area contributed by atoms with Crippen molar-refractivity contribution in [1.29, 1.82) is 0 Å². The van der Waals surface area contributed by atoms with E-state index in [-0.39, 0.29) is 11.9 Å². The van der Waals surface area contributed by atoms with Gasteiger partial charge in [-0.3, -0.25) is 9.78 Å². The second-order valence-corrected chi connectivity index (χ2v) is 5.76. The number of carbonyl (C=O) groups is 2. The highest BCUT2D eigenvalue weighted by Crippen LogP contribution is 2.33. The van der Waals surface area contributed by atoms with E-state index in [0.29, 0.717) is 17.9 Å². The quantitative estimate of drug-likeness (QED) is 0.847.